The second kappa shape index (κ2) is 6.80. The van der Waals surface area contributed by atoms with Crippen molar-refractivity contribution in [1.82, 2.24) is 19.9 Å². The third-order valence-electron chi connectivity index (χ3n) is 6.68. The van der Waals surface area contributed by atoms with Gasteiger partial charge in [-0.15, -0.1) is 0 Å². The number of ether oxygens (including phenoxy) is 1. The number of rotatable bonds is 3. The van der Waals surface area contributed by atoms with Gasteiger partial charge in [-0.05, 0) is 38.0 Å². The van der Waals surface area contributed by atoms with Crippen molar-refractivity contribution < 1.29 is 9.53 Å². The molecular formula is C24H24N6O2. The van der Waals surface area contributed by atoms with Crippen molar-refractivity contribution in [2.75, 3.05) is 22.9 Å². The standard InChI is InChI=1S/C24H24N6O2/c1-14-26-8-16(9-27-14)15-4-5-19-20(6-15)30(23(31)24(19,2)3)22-11-25-10-21(28-22)29-12-17-7-18(13-29)32-17/h4-6,8-11,17-18H,7,12-13H2,1-3H3/t17-,18?/m1/s1. The first-order chi connectivity index (χ1) is 15.4. The van der Waals surface area contributed by atoms with Crippen molar-refractivity contribution >= 4 is 23.2 Å². The van der Waals surface area contributed by atoms with Gasteiger partial charge in [0.2, 0.25) is 5.91 Å². The van der Waals surface area contributed by atoms with Crippen LogP contribution in [0.25, 0.3) is 11.1 Å². The van der Waals surface area contributed by atoms with Gasteiger partial charge in [-0.25, -0.2) is 15.0 Å². The smallest absolute Gasteiger partial charge is 0.242 e. The quantitative estimate of drug-likeness (QED) is 0.633. The normalized spacial score (nSPS) is 23.2. The summed E-state index contributed by atoms with van der Waals surface area (Å²) in [6, 6.07) is 6.07. The fourth-order valence-corrected chi connectivity index (χ4v) is 4.85. The second-order valence-electron chi connectivity index (χ2n) is 9.27. The van der Waals surface area contributed by atoms with Crippen LogP contribution in [0.4, 0.5) is 17.3 Å². The van der Waals surface area contributed by atoms with E-state index in [4.69, 9.17) is 9.72 Å². The molecule has 4 aliphatic rings. The van der Waals surface area contributed by atoms with Crippen LogP contribution in [0.2, 0.25) is 0 Å². The predicted octanol–water partition coefficient (Wildman–Crippen LogP) is 3.18. The Hall–Kier alpha value is -3.39. The summed E-state index contributed by atoms with van der Waals surface area (Å²) in [6.07, 6.45) is 8.69. The summed E-state index contributed by atoms with van der Waals surface area (Å²) < 4.78 is 5.75. The monoisotopic (exact) mass is 428 g/mol. The fraction of sp³-hybridized carbons (Fsp3) is 0.375. The molecule has 32 heavy (non-hydrogen) atoms. The van der Waals surface area contributed by atoms with Crippen molar-refractivity contribution in [2.45, 2.75) is 44.8 Å². The lowest BCUT2D eigenvalue weighted by Crippen LogP contribution is -2.57. The van der Waals surface area contributed by atoms with Crippen LogP contribution in [0.15, 0.2) is 43.0 Å². The minimum absolute atomic E-state index is 0.0129. The summed E-state index contributed by atoms with van der Waals surface area (Å²) in [5, 5.41) is 0. The van der Waals surface area contributed by atoms with Crippen molar-refractivity contribution in [3.05, 3.63) is 54.4 Å². The Morgan fingerprint density at radius 3 is 2.41 bits per heavy atom. The van der Waals surface area contributed by atoms with Gasteiger partial charge in [0.25, 0.3) is 0 Å². The number of carbonyl (C=O) groups excluding carboxylic acids is 1. The van der Waals surface area contributed by atoms with Crippen LogP contribution in [0.5, 0.6) is 0 Å². The zero-order valence-electron chi connectivity index (χ0n) is 18.3. The van der Waals surface area contributed by atoms with Crippen molar-refractivity contribution in [1.29, 1.82) is 0 Å². The van der Waals surface area contributed by atoms with E-state index in [1.807, 2.05) is 39.0 Å². The van der Waals surface area contributed by atoms with Gasteiger partial charge >= 0.3 is 0 Å². The first kappa shape index (κ1) is 19.3. The number of aryl methyl sites for hydroxylation is 1. The molecule has 3 fully saturated rings. The maximum Gasteiger partial charge on any atom is 0.242 e. The molecule has 4 aliphatic heterocycles. The molecule has 2 aromatic heterocycles. The number of anilines is 3. The molecule has 8 nitrogen and oxygen atoms in total. The number of amides is 1. The molecule has 3 saturated heterocycles. The SMILES string of the molecule is Cc1ncc(-c2ccc3c(c2)N(c2cncc(N4CC5C[C@H](C4)O5)n2)C(=O)C3(C)C)cn1. The molecule has 0 N–H and O–H groups in total. The Morgan fingerprint density at radius 2 is 1.69 bits per heavy atom. The minimum Gasteiger partial charge on any atom is -0.371 e. The number of nitrogens with zero attached hydrogens (tertiary/aromatic N) is 6. The lowest BCUT2D eigenvalue weighted by Gasteiger charge is -2.47. The number of benzene rings is 1. The summed E-state index contributed by atoms with van der Waals surface area (Å²) in [7, 11) is 0. The number of fused-ring (bicyclic) bond motifs is 3. The molecule has 2 bridgehead atoms. The molecule has 7 rings (SSSR count). The zero-order valence-corrected chi connectivity index (χ0v) is 18.3. The molecule has 0 saturated carbocycles. The molecule has 1 unspecified atom stereocenters. The Kier molecular flexibility index (Phi) is 4.10. The van der Waals surface area contributed by atoms with Crippen molar-refractivity contribution in [3.8, 4) is 11.1 Å². The average Bonchev–Trinajstić information content (AvgIpc) is 2.99. The van der Waals surface area contributed by atoms with Crippen LogP contribution >= 0.6 is 0 Å². The van der Waals surface area contributed by atoms with Gasteiger partial charge in [-0.1, -0.05) is 12.1 Å². The van der Waals surface area contributed by atoms with E-state index in [1.54, 1.807) is 29.7 Å². The number of hydrogen-bond acceptors (Lipinski definition) is 7. The number of carbonyl (C=O) groups is 1. The molecule has 162 valence electrons. The highest BCUT2D eigenvalue weighted by atomic mass is 16.5. The van der Waals surface area contributed by atoms with Crippen LogP contribution in [0.1, 0.15) is 31.7 Å². The third kappa shape index (κ3) is 2.90. The average molecular weight is 428 g/mol. The minimum atomic E-state index is -0.657. The van der Waals surface area contributed by atoms with Gasteiger partial charge in [0, 0.05) is 37.5 Å². The maximum atomic E-state index is 13.5. The first-order valence-corrected chi connectivity index (χ1v) is 10.9. The highest BCUT2D eigenvalue weighted by molar-refractivity contribution is 6.12. The topological polar surface area (TPSA) is 84.3 Å². The van der Waals surface area contributed by atoms with Gasteiger partial charge in [0.15, 0.2) is 5.82 Å². The Balaban J connectivity index is 1.41. The van der Waals surface area contributed by atoms with Crippen LogP contribution in [0, 0.1) is 6.92 Å². The molecule has 0 aliphatic carbocycles. The summed E-state index contributed by atoms with van der Waals surface area (Å²) in [6.45, 7) is 7.38. The van der Waals surface area contributed by atoms with E-state index in [-0.39, 0.29) is 18.1 Å². The number of aromatic nitrogens is 4. The first-order valence-electron chi connectivity index (χ1n) is 10.9. The van der Waals surface area contributed by atoms with Crippen LogP contribution in [-0.4, -0.2) is 51.1 Å². The zero-order chi connectivity index (χ0) is 22.0. The summed E-state index contributed by atoms with van der Waals surface area (Å²) in [5.41, 5.74) is 3.00. The van der Waals surface area contributed by atoms with Crippen molar-refractivity contribution in [2.24, 2.45) is 0 Å². The lowest BCUT2D eigenvalue weighted by molar-refractivity contribution is -0.133. The van der Waals surface area contributed by atoms with Crippen LogP contribution in [0.3, 0.4) is 0 Å². The van der Waals surface area contributed by atoms with Gasteiger partial charge < -0.3 is 9.64 Å². The van der Waals surface area contributed by atoms with Crippen LogP contribution < -0.4 is 9.80 Å². The molecule has 0 radical (unpaired) electrons. The highest BCUT2D eigenvalue weighted by Gasteiger charge is 2.45. The van der Waals surface area contributed by atoms with E-state index in [9.17, 15) is 4.79 Å². The Morgan fingerprint density at radius 1 is 1.00 bits per heavy atom. The molecule has 0 spiro atoms. The van der Waals surface area contributed by atoms with E-state index < -0.39 is 5.41 Å². The molecule has 2 atom stereocenters. The van der Waals surface area contributed by atoms with E-state index in [1.165, 1.54) is 0 Å². The van der Waals surface area contributed by atoms with Gasteiger partial charge in [0.05, 0.1) is 35.7 Å². The second-order valence-corrected chi connectivity index (χ2v) is 9.27. The predicted molar refractivity (Wildman–Crippen MR) is 120 cm³/mol. The van der Waals surface area contributed by atoms with Crippen molar-refractivity contribution in [3.63, 3.8) is 0 Å². The Bertz CT molecular complexity index is 1210. The Labute approximate surface area is 186 Å². The summed E-state index contributed by atoms with van der Waals surface area (Å²) in [4.78, 5) is 35.3. The molecule has 1 amide bonds. The summed E-state index contributed by atoms with van der Waals surface area (Å²) >= 11 is 0. The number of morpholine rings is 1. The summed E-state index contributed by atoms with van der Waals surface area (Å²) in [5.74, 6) is 2.03. The third-order valence-corrected chi connectivity index (χ3v) is 6.68. The van der Waals surface area contributed by atoms with E-state index in [0.717, 1.165) is 53.5 Å². The molecule has 8 heteroatoms. The van der Waals surface area contributed by atoms with E-state index in [0.29, 0.717) is 5.82 Å². The molecular weight excluding hydrogens is 404 g/mol. The maximum absolute atomic E-state index is 13.5. The number of hydrogen-bond donors (Lipinski definition) is 0. The van der Waals surface area contributed by atoms with Gasteiger partial charge in [0.1, 0.15) is 11.6 Å². The van der Waals surface area contributed by atoms with E-state index >= 15 is 0 Å². The molecule has 6 heterocycles. The van der Waals surface area contributed by atoms with Gasteiger partial charge in [-0.3, -0.25) is 14.7 Å². The lowest BCUT2D eigenvalue weighted by atomic mass is 9.85. The van der Waals surface area contributed by atoms with E-state index in [2.05, 4.69) is 19.9 Å². The van der Waals surface area contributed by atoms with Gasteiger partial charge in [-0.2, -0.15) is 0 Å². The molecule has 3 aromatic rings. The number of piperidine rings is 1. The molecule has 1 aromatic carbocycles. The largest absolute Gasteiger partial charge is 0.371 e. The fourth-order valence-electron chi connectivity index (χ4n) is 4.85. The van der Waals surface area contributed by atoms with Crippen LogP contribution in [-0.2, 0) is 14.9 Å². The highest BCUT2D eigenvalue weighted by Crippen LogP contribution is 2.46.